The van der Waals surface area contributed by atoms with Crippen LogP contribution in [0, 0.1) is 5.82 Å². The van der Waals surface area contributed by atoms with E-state index >= 15 is 0 Å². The van der Waals surface area contributed by atoms with E-state index in [2.05, 4.69) is 12.1 Å². The minimum atomic E-state index is -1.26. The summed E-state index contributed by atoms with van der Waals surface area (Å²) in [7, 11) is -1.26. The Bertz CT molecular complexity index is 609. The number of hydrogen-bond donors (Lipinski definition) is 0. The van der Waals surface area contributed by atoms with Gasteiger partial charge in [-0.25, -0.2) is 4.39 Å². The van der Waals surface area contributed by atoms with E-state index in [4.69, 9.17) is 0 Å². The molecule has 2 aromatic carbocycles. The molecule has 3 rings (SSSR count). The van der Waals surface area contributed by atoms with Crippen molar-refractivity contribution in [1.82, 2.24) is 0 Å². The van der Waals surface area contributed by atoms with Crippen molar-refractivity contribution in [1.29, 1.82) is 0 Å². The Hall–Kier alpha value is -1.48. The summed E-state index contributed by atoms with van der Waals surface area (Å²) < 4.78 is 25.7. The summed E-state index contributed by atoms with van der Waals surface area (Å²) in [4.78, 5) is 0.321. The molecule has 0 spiro atoms. The van der Waals surface area contributed by atoms with Gasteiger partial charge < -0.3 is 0 Å². The summed E-state index contributed by atoms with van der Waals surface area (Å²) in [5, 5.41) is 0. The van der Waals surface area contributed by atoms with Gasteiger partial charge in [-0.15, -0.1) is 0 Å². The Morgan fingerprint density at radius 2 is 1.83 bits per heavy atom. The van der Waals surface area contributed by atoms with Crippen LogP contribution in [-0.2, 0) is 17.2 Å². The molecule has 2 aromatic rings. The lowest BCUT2D eigenvalue weighted by atomic mass is 9.79. The van der Waals surface area contributed by atoms with E-state index < -0.39 is 10.8 Å². The van der Waals surface area contributed by atoms with Gasteiger partial charge in [0, 0.05) is 11.7 Å². The first-order valence-electron chi connectivity index (χ1n) is 5.96. The molecule has 0 saturated carbocycles. The molecule has 1 aliphatic carbocycles. The molecule has 0 amide bonds. The lowest BCUT2D eigenvalue weighted by molar-refractivity contribution is 0.591. The molecule has 0 fully saturated rings. The molecule has 1 aliphatic rings. The van der Waals surface area contributed by atoms with Crippen LogP contribution in [0.2, 0.25) is 0 Å². The average molecular weight is 260 g/mol. The molecule has 0 aromatic heterocycles. The predicted molar refractivity (Wildman–Crippen MR) is 70.6 cm³/mol. The smallest absolute Gasteiger partial charge is 0.139 e. The molecule has 2 atom stereocenters. The van der Waals surface area contributed by atoms with Gasteiger partial charge in [0.05, 0.1) is 15.7 Å². The normalized spacial score (nSPS) is 18.8. The van der Waals surface area contributed by atoms with Gasteiger partial charge in [-0.3, -0.25) is 4.21 Å². The molecule has 0 heterocycles. The van der Waals surface area contributed by atoms with Crippen molar-refractivity contribution < 1.29 is 8.60 Å². The van der Waals surface area contributed by atoms with Crippen molar-refractivity contribution in [2.75, 3.05) is 5.75 Å². The van der Waals surface area contributed by atoms with Crippen molar-refractivity contribution in [3.05, 3.63) is 65.5 Å². The van der Waals surface area contributed by atoms with Gasteiger partial charge in [-0.05, 0) is 29.7 Å². The second kappa shape index (κ2) is 4.65. The van der Waals surface area contributed by atoms with Crippen LogP contribution in [0.25, 0.3) is 0 Å². The fourth-order valence-electron chi connectivity index (χ4n) is 2.41. The second-order valence-electron chi connectivity index (χ2n) is 4.54. The third-order valence-electron chi connectivity index (χ3n) is 3.40. The molecule has 0 bridgehead atoms. The van der Waals surface area contributed by atoms with E-state index in [1.165, 1.54) is 17.2 Å². The van der Waals surface area contributed by atoms with Gasteiger partial charge >= 0.3 is 0 Å². The molecule has 0 saturated heterocycles. The van der Waals surface area contributed by atoms with Gasteiger partial charge in [0.2, 0.25) is 0 Å². The molecular formula is C15H13FOS. The summed E-state index contributed by atoms with van der Waals surface area (Å²) in [6.45, 7) is 0. The molecule has 18 heavy (non-hydrogen) atoms. The number of fused-ring (bicyclic) bond motifs is 1. The van der Waals surface area contributed by atoms with Gasteiger partial charge in [0.1, 0.15) is 5.82 Å². The molecule has 1 nitrogen and oxygen atoms in total. The minimum absolute atomic E-state index is 0.307. The molecule has 0 N–H and O–H groups in total. The highest BCUT2D eigenvalue weighted by atomic mass is 32.2. The highest BCUT2D eigenvalue weighted by Crippen LogP contribution is 2.36. The molecular weight excluding hydrogens is 247 g/mol. The van der Waals surface area contributed by atoms with E-state index in [9.17, 15) is 8.60 Å². The first-order chi connectivity index (χ1) is 8.75. The average Bonchev–Trinajstić information content (AvgIpc) is 2.36. The van der Waals surface area contributed by atoms with Gasteiger partial charge in [-0.2, -0.15) is 0 Å². The maximum atomic E-state index is 13.5. The van der Waals surface area contributed by atoms with Crippen molar-refractivity contribution in [3.8, 4) is 0 Å². The van der Waals surface area contributed by atoms with Crippen molar-refractivity contribution >= 4 is 10.8 Å². The number of hydrogen-bond acceptors (Lipinski definition) is 1. The molecule has 0 aliphatic heterocycles. The lowest BCUT2D eigenvalue weighted by Gasteiger charge is -2.29. The summed E-state index contributed by atoms with van der Waals surface area (Å²) in [6, 6.07) is 14.5. The van der Waals surface area contributed by atoms with Crippen molar-refractivity contribution in [2.45, 2.75) is 17.2 Å². The van der Waals surface area contributed by atoms with Gasteiger partial charge in [0.15, 0.2) is 0 Å². The number of benzene rings is 2. The third kappa shape index (κ3) is 1.99. The van der Waals surface area contributed by atoms with E-state index in [0.717, 1.165) is 6.42 Å². The Morgan fingerprint density at radius 3 is 2.61 bits per heavy atom. The Kier molecular flexibility index (Phi) is 3.00. The highest BCUT2D eigenvalue weighted by molar-refractivity contribution is 7.85. The second-order valence-corrected chi connectivity index (χ2v) is 6.01. The van der Waals surface area contributed by atoms with Crippen LogP contribution in [0.4, 0.5) is 4.39 Å². The molecule has 3 heteroatoms. The maximum Gasteiger partial charge on any atom is 0.139 e. The van der Waals surface area contributed by atoms with E-state index in [0.29, 0.717) is 16.6 Å². The zero-order chi connectivity index (χ0) is 12.5. The maximum absolute atomic E-state index is 13.5. The zero-order valence-corrected chi connectivity index (χ0v) is 10.6. The number of halogens is 1. The van der Waals surface area contributed by atoms with E-state index in [-0.39, 0.29) is 5.82 Å². The van der Waals surface area contributed by atoms with Crippen LogP contribution in [0.15, 0.2) is 53.4 Å². The van der Waals surface area contributed by atoms with Crippen LogP contribution >= 0.6 is 0 Å². The summed E-state index contributed by atoms with van der Waals surface area (Å²) in [5.41, 5.74) is 2.59. The Labute approximate surface area is 108 Å². The van der Waals surface area contributed by atoms with E-state index in [1.54, 1.807) is 18.2 Å². The van der Waals surface area contributed by atoms with Crippen LogP contribution in [0.5, 0.6) is 0 Å². The zero-order valence-electron chi connectivity index (χ0n) is 9.80. The molecule has 92 valence electrons. The Morgan fingerprint density at radius 1 is 1.11 bits per heavy atom. The Balaban J connectivity index is 1.76. The standard InChI is InChI=1S/C15H13FOS/c16-14-7-3-4-8-15(14)18(17)10-12-9-11-5-1-2-6-13(11)12/h1-8,12H,9-10H2. The molecule has 2 unspecified atom stereocenters. The predicted octanol–water partition coefficient (Wildman–Crippen LogP) is 3.27. The fraction of sp³-hybridized carbons (Fsp3) is 0.200. The largest absolute Gasteiger partial charge is 0.254 e. The SMILES string of the molecule is O=S(CC1Cc2ccccc21)c1ccccc1F. The van der Waals surface area contributed by atoms with Gasteiger partial charge in [0.25, 0.3) is 0 Å². The first kappa shape index (κ1) is 11.6. The number of rotatable bonds is 3. The fourth-order valence-corrected chi connectivity index (χ4v) is 3.77. The van der Waals surface area contributed by atoms with Crippen molar-refractivity contribution in [3.63, 3.8) is 0 Å². The first-order valence-corrected chi connectivity index (χ1v) is 7.28. The van der Waals surface area contributed by atoms with E-state index in [1.807, 2.05) is 12.1 Å². The monoisotopic (exact) mass is 260 g/mol. The van der Waals surface area contributed by atoms with Crippen LogP contribution in [0.1, 0.15) is 17.0 Å². The topological polar surface area (TPSA) is 17.1 Å². The summed E-state index contributed by atoms with van der Waals surface area (Å²) in [5.74, 6) is 0.447. The summed E-state index contributed by atoms with van der Waals surface area (Å²) in [6.07, 6.45) is 0.955. The van der Waals surface area contributed by atoms with Crippen LogP contribution in [0.3, 0.4) is 0 Å². The minimum Gasteiger partial charge on any atom is -0.254 e. The van der Waals surface area contributed by atoms with Gasteiger partial charge in [-0.1, -0.05) is 36.4 Å². The lowest BCUT2D eigenvalue weighted by Crippen LogP contribution is -2.22. The van der Waals surface area contributed by atoms with Crippen molar-refractivity contribution in [2.24, 2.45) is 0 Å². The van der Waals surface area contributed by atoms with Crippen LogP contribution < -0.4 is 0 Å². The quantitative estimate of drug-likeness (QED) is 0.827. The summed E-state index contributed by atoms with van der Waals surface area (Å²) >= 11 is 0. The third-order valence-corrected chi connectivity index (χ3v) is 4.92. The highest BCUT2D eigenvalue weighted by Gasteiger charge is 2.27. The molecule has 0 radical (unpaired) electrons. The van der Waals surface area contributed by atoms with Crippen LogP contribution in [-0.4, -0.2) is 9.96 Å².